The van der Waals surface area contributed by atoms with Crippen LogP contribution < -0.4 is 15.6 Å². The fourth-order valence-corrected chi connectivity index (χ4v) is 1.99. The molecule has 106 valence electrons. The van der Waals surface area contributed by atoms with Crippen LogP contribution in [-0.2, 0) is 11.2 Å². The fraction of sp³-hybridized carbons (Fsp3) is 0.533. The van der Waals surface area contributed by atoms with E-state index in [1.54, 1.807) is 14.2 Å². The number of hydrazine groups is 1. The molecule has 0 radical (unpaired) electrons. The molecular formula is C15H24N2O2. The Hall–Kier alpha value is -1.55. The zero-order chi connectivity index (χ0) is 14.3. The first-order valence-corrected chi connectivity index (χ1v) is 6.71. The van der Waals surface area contributed by atoms with E-state index in [0.717, 1.165) is 18.6 Å². The summed E-state index contributed by atoms with van der Waals surface area (Å²) in [7, 11) is 3.37. The first kappa shape index (κ1) is 15.5. The van der Waals surface area contributed by atoms with Crippen molar-refractivity contribution >= 4 is 5.91 Å². The van der Waals surface area contributed by atoms with Crippen molar-refractivity contribution in [2.75, 3.05) is 14.2 Å². The summed E-state index contributed by atoms with van der Waals surface area (Å²) in [6, 6.07) is 6.29. The van der Waals surface area contributed by atoms with Gasteiger partial charge < -0.3 is 4.74 Å². The van der Waals surface area contributed by atoms with E-state index in [2.05, 4.69) is 36.8 Å². The summed E-state index contributed by atoms with van der Waals surface area (Å²) in [6.07, 6.45) is 2.17. The number of carbonyl (C=O) groups excluding carboxylic acids is 1. The van der Waals surface area contributed by atoms with Gasteiger partial charge in [-0.05, 0) is 36.0 Å². The molecule has 0 atom stereocenters. The Bertz CT molecular complexity index is 417. The Balaban J connectivity index is 2.65. The highest BCUT2D eigenvalue weighted by atomic mass is 16.5. The van der Waals surface area contributed by atoms with Crippen molar-refractivity contribution in [3.05, 3.63) is 29.3 Å². The first-order chi connectivity index (χ1) is 9.08. The van der Waals surface area contributed by atoms with Gasteiger partial charge >= 0.3 is 0 Å². The van der Waals surface area contributed by atoms with E-state index in [0.29, 0.717) is 12.3 Å². The van der Waals surface area contributed by atoms with Crippen LogP contribution in [0, 0.1) is 0 Å². The van der Waals surface area contributed by atoms with E-state index in [4.69, 9.17) is 4.74 Å². The van der Waals surface area contributed by atoms with Crippen LogP contribution in [0.4, 0.5) is 0 Å². The molecule has 2 N–H and O–H groups in total. The Morgan fingerprint density at radius 2 is 2.11 bits per heavy atom. The number of aryl methyl sites for hydroxylation is 1. The van der Waals surface area contributed by atoms with E-state index in [1.807, 2.05) is 6.07 Å². The molecular weight excluding hydrogens is 240 g/mol. The normalized spacial score (nSPS) is 10.6. The maximum absolute atomic E-state index is 11.4. The highest BCUT2D eigenvalue weighted by molar-refractivity contribution is 5.75. The molecule has 0 aliphatic carbocycles. The third kappa shape index (κ3) is 4.91. The smallest absolute Gasteiger partial charge is 0.234 e. The molecule has 0 aromatic heterocycles. The van der Waals surface area contributed by atoms with Gasteiger partial charge in [-0.3, -0.25) is 10.2 Å². The topological polar surface area (TPSA) is 50.4 Å². The second-order valence-electron chi connectivity index (χ2n) is 4.88. The molecule has 1 rings (SSSR count). The molecule has 0 saturated heterocycles. The van der Waals surface area contributed by atoms with E-state index in [1.165, 1.54) is 11.1 Å². The lowest BCUT2D eigenvalue weighted by molar-refractivity contribution is -0.122. The van der Waals surface area contributed by atoms with Crippen molar-refractivity contribution in [1.82, 2.24) is 10.9 Å². The maximum atomic E-state index is 11.4. The van der Waals surface area contributed by atoms with Gasteiger partial charge in [-0.15, -0.1) is 0 Å². The SMILES string of the molecule is CNNC(=O)CCCc1cc(C(C)C)ccc1OC. The highest BCUT2D eigenvalue weighted by Gasteiger charge is 2.08. The minimum Gasteiger partial charge on any atom is -0.496 e. The molecule has 0 unspecified atom stereocenters. The number of carbonyl (C=O) groups is 1. The van der Waals surface area contributed by atoms with Gasteiger partial charge in [-0.1, -0.05) is 26.0 Å². The number of hydrogen-bond donors (Lipinski definition) is 2. The van der Waals surface area contributed by atoms with Crippen LogP contribution >= 0.6 is 0 Å². The van der Waals surface area contributed by atoms with Gasteiger partial charge in [0.05, 0.1) is 7.11 Å². The summed E-state index contributed by atoms with van der Waals surface area (Å²) in [5, 5.41) is 0. The molecule has 1 amide bonds. The van der Waals surface area contributed by atoms with Crippen LogP contribution in [0.3, 0.4) is 0 Å². The zero-order valence-electron chi connectivity index (χ0n) is 12.2. The predicted octanol–water partition coefficient (Wildman–Crippen LogP) is 2.39. The lowest BCUT2D eigenvalue weighted by Crippen LogP contribution is -2.33. The van der Waals surface area contributed by atoms with Gasteiger partial charge in [-0.2, -0.15) is 0 Å². The number of rotatable bonds is 7. The Morgan fingerprint density at radius 1 is 1.37 bits per heavy atom. The maximum Gasteiger partial charge on any atom is 0.234 e. The summed E-state index contributed by atoms with van der Waals surface area (Å²) < 4.78 is 5.37. The molecule has 0 saturated carbocycles. The fourth-order valence-electron chi connectivity index (χ4n) is 1.99. The van der Waals surface area contributed by atoms with Crippen LogP contribution in [0.25, 0.3) is 0 Å². The Morgan fingerprint density at radius 3 is 2.68 bits per heavy atom. The second kappa shape index (κ2) is 7.79. The van der Waals surface area contributed by atoms with Crippen LogP contribution in [0.2, 0.25) is 0 Å². The number of hydrogen-bond acceptors (Lipinski definition) is 3. The quantitative estimate of drug-likeness (QED) is 0.743. The number of nitrogens with one attached hydrogen (secondary N) is 2. The molecule has 19 heavy (non-hydrogen) atoms. The summed E-state index contributed by atoms with van der Waals surface area (Å²) in [4.78, 5) is 11.4. The van der Waals surface area contributed by atoms with E-state index in [-0.39, 0.29) is 5.91 Å². The molecule has 0 aliphatic heterocycles. The second-order valence-corrected chi connectivity index (χ2v) is 4.88. The Labute approximate surface area is 115 Å². The van der Waals surface area contributed by atoms with Gasteiger partial charge in [-0.25, -0.2) is 5.43 Å². The average molecular weight is 264 g/mol. The number of benzene rings is 1. The van der Waals surface area contributed by atoms with E-state index >= 15 is 0 Å². The summed E-state index contributed by atoms with van der Waals surface area (Å²) in [5.74, 6) is 1.41. The minimum absolute atomic E-state index is 0.0153. The largest absolute Gasteiger partial charge is 0.496 e. The molecule has 4 nitrogen and oxygen atoms in total. The van der Waals surface area contributed by atoms with Crippen molar-refractivity contribution in [3.8, 4) is 5.75 Å². The number of methoxy groups -OCH3 is 1. The molecule has 1 aromatic carbocycles. The predicted molar refractivity (Wildman–Crippen MR) is 77.2 cm³/mol. The van der Waals surface area contributed by atoms with Crippen molar-refractivity contribution < 1.29 is 9.53 Å². The van der Waals surface area contributed by atoms with Gasteiger partial charge in [0.2, 0.25) is 5.91 Å². The summed E-state index contributed by atoms with van der Waals surface area (Å²) in [5.41, 5.74) is 7.68. The molecule has 1 aromatic rings. The van der Waals surface area contributed by atoms with Crippen molar-refractivity contribution in [2.24, 2.45) is 0 Å². The zero-order valence-corrected chi connectivity index (χ0v) is 12.2. The number of ether oxygens (including phenoxy) is 1. The minimum atomic E-state index is 0.0153. The van der Waals surface area contributed by atoms with Gasteiger partial charge in [0.15, 0.2) is 0 Å². The molecule has 0 fully saturated rings. The summed E-state index contributed by atoms with van der Waals surface area (Å²) in [6.45, 7) is 4.35. The molecule has 0 bridgehead atoms. The van der Waals surface area contributed by atoms with Crippen LogP contribution in [0.1, 0.15) is 43.7 Å². The summed E-state index contributed by atoms with van der Waals surface area (Å²) >= 11 is 0. The van der Waals surface area contributed by atoms with E-state index in [9.17, 15) is 4.79 Å². The van der Waals surface area contributed by atoms with Crippen LogP contribution in [0.5, 0.6) is 5.75 Å². The highest BCUT2D eigenvalue weighted by Crippen LogP contribution is 2.25. The molecule has 0 spiro atoms. The third-order valence-corrected chi connectivity index (χ3v) is 3.09. The number of amides is 1. The third-order valence-electron chi connectivity index (χ3n) is 3.09. The molecule has 0 heterocycles. The monoisotopic (exact) mass is 264 g/mol. The first-order valence-electron chi connectivity index (χ1n) is 6.71. The lowest BCUT2D eigenvalue weighted by atomic mass is 9.98. The van der Waals surface area contributed by atoms with Crippen molar-refractivity contribution in [1.29, 1.82) is 0 Å². The Kier molecular flexibility index (Phi) is 6.36. The van der Waals surface area contributed by atoms with Gasteiger partial charge in [0.1, 0.15) is 5.75 Å². The van der Waals surface area contributed by atoms with Crippen LogP contribution in [0.15, 0.2) is 18.2 Å². The van der Waals surface area contributed by atoms with Gasteiger partial charge in [0.25, 0.3) is 0 Å². The lowest BCUT2D eigenvalue weighted by Gasteiger charge is -2.12. The standard InChI is InChI=1S/C15H24N2O2/c1-11(2)12-8-9-14(19-4)13(10-12)6-5-7-15(18)17-16-3/h8-11,16H,5-7H2,1-4H3,(H,17,18). The average Bonchev–Trinajstić information content (AvgIpc) is 2.38. The van der Waals surface area contributed by atoms with Crippen molar-refractivity contribution in [2.45, 2.75) is 39.0 Å². The van der Waals surface area contributed by atoms with Gasteiger partial charge in [0, 0.05) is 13.5 Å². The molecule has 4 heteroatoms. The van der Waals surface area contributed by atoms with Crippen LogP contribution in [-0.4, -0.2) is 20.1 Å². The van der Waals surface area contributed by atoms with E-state index < -0.39 is 0 Å². The molecule has 0 aliphatic rings. The van der Waals surface area contributed by atoms with Crippen molar-refractivity contribution in [3.63, 3.8) is 0 Å².